The number of ether oxygens (including phenoxy) is 2. The first-order chi connectivity index (χ1) is 14.0. The monoisotopic (exact) mass is 392 g/mol. The van der Waals surface area contributed by atoms with Crippen LogP contribution in [0.5, 0.6) is 0 Å². The molecule has 1 amide bonds. The molecule has 1 aromatic heterocycles. The van der Waals surface area contributed by atoms with Gasteiger partial charge in [0.1, 0.15) is 12.3 Å². The predicted octanol–water partition coefficient (Wildman–Crippen LogP) is 4.53. The highest BCUT2D eigenvalue weighted by Gasteiger charge is 2.42. The van der Waals surface area contributed by atoms with E-state index in [1.807, 2.05) is 61.7 Å². The molecule has 1 fully saturated rings. The third-order valence-electron chi connectivity index (χ3n) is 5.70. The van der Waals surface area contributed by atoms with Crippen LogP contribution >= 0.6 is 0 Å². The third kappa shape index (κ3) is 3.35. The number of amides is 1. The molecule has 0 radical (unpaired) electrons. The summed E-state index contributed by atoms with van der Waals surface area (Å²) in [5.41, 5.74) is 1.79. The highest BCUT2D eigenvalue weighted by atomic mass is 16.6. The van der Waals surface area contributed by atoms with E-state index < -0.39 is 5.66 Å². The quantitative estimate of drug-likeness (QED) is 0.612. The molecule has 0 saturated carbocycles. The molecule has 1 atom stereocenters. The topological polar surface area (TPSA) is 60.8 Å². The Bertz CT molecular complexity index is 1040. The molecule has 3 aromatic rings. The standard InChI is InChI=1S/C23H24N2O4/c1-23(24-15-12-18-19(21(26)28-2)10-6-11-20(18)24)13-7-14-25(23)22(27)29-16-17-8-4-3-5-9-17/h3-6,8-12,15H,7,13-14,16H2,1-2H3. The molecule has 0 aliphatic carbocycles. The average Bonchev–Trinajstić information content (AvgIpc) is 3.36. The second-order valence-corrected chi connectivity index (χ2v) is 7.43. The number of esters is 1. The normalized spacial score (nSPS) is 18.8. The SMILES string of the molecule is COC(=O)c1cccc2c1ccn2C1(C)CCCN1C(=O)OCc1ccccc1. The van der Waals surface area contributed by atoms with Crippen molar-refractivity contribution in [2.24, 2.45) is 0 Å². The number of rotatable bonds is 4. The van der Waals surface area contributed by atoms with E-state index in [1.54, 1.807) is 11.0 Å². The van der Waals surface area contributed by atoms with E-state index in [4.69, 9.17) is 9.47 Å². The number of carbonyl (C=O) groups is 2. The van der Waals surface area contributed by atoms with Gasteiger partial charge in [-0.25, -0.2) is 9.59 Å². The molecule has 1 aliphatic heterocycles. The minimum Gasteiger partial charge on any atom is -0.465 e. The van der Waals surface area contributed by atoms with Gasteiger partial charge in [0.05, 0.1) is 18.2 Å². The van der Waals surface area contributed by atoms with E-state index in [2.05, 4.69) is 4.57 Å². The van der Waals surface area contributed by atoms with Gasteiger partial charge in [0.2, 0.25) is 0 Å². The lowest BCUT2D eigenvalue weighted by molar-refractivity contribution is 0.0436. The van der Waals surface area contributed by atoms with E-state index in [9.17, 15) is 9.59 Å². The molecular weight excluding hydrogens is 368 g/mol. The van der Waals surface area contributed by atoms with E-state index in [-0.39, 0.29) is 18.7 Å². The fraction of sp³-hybridized carbons (Fsp3) is 0.304. The van der Waals surface area contributed by atoms with Gasteiger partial charge in [-0.05, 0) is 43.5 Å². The summed E-state index contributed by atoms with van der Waals surface area (Å²) in [6.45, 7) is 2.90. The zero-order chi connectivity index (χ0) is 20.4. The van der Waals surface area contributed by atoms with Crippen LogP contribution in [0.3, 0.4) is 0 Å². The summed E-state index contributed by atoms with van der Waals surface area (Å²) in [7, 11) is 1.38. The van der Waals surface area contributed by atoms with Crippen molar-refractivity contribution >= 4 is 23.0 Å². The van der Waals surface area contributed by atoms with Crippen molar-refractivity contribution in [3.05, 3.63) is 71.9 Å². The van der Waals surface area contributed by atoms with Crippen molar-refractivity contribution in [1.82, 2.24) is 9.47 Å². The molecule has 1 saturated heterocycles. The molecule has 2 aromatic carbocycles. The highest BCUT2D eigenvalue weighted by Crippen LogP contribution is 2.38. The summed E-state index contributed by atoms with van der Waals surface area (Å²) in [5, 5.41) is 0.810. The Hall–Kier alpha value is -3.28. The van der Waals surface area contributed by atoms with E-state index in [1.165, 1.54) is 7.11 Å². The molecule has 150 valence electrons. The van der Waals surface area contributed by atoms with E-state index >= 15 is 0 Å². The molecule has 1 unspecified atom stereocenters. The predicted molar refractivity (Wildman–Crippen MR) is 109 cm³/mol. The first-order valence-electron chi connectivity index (χ1n) is 9.72. The second kappa shape index (κ2) is 7.62. The molecule has 1 aliphatic rings. The summed E-state index contributed by atoms with van der Waals surface area (Å²) < 4.78 is 12.6. The highest BCUT2D eigenvalue weighted by molar-refractivity contribution is 6.04. The lowest BCUT2D eigenvalue weighted by atomic mass is 10.1. The van der Waals surface area contributed by atoms with E-state index in [0.29, 0.717) is 12.1 Å². The van der Waals surface area contributed by atoms with Gasteiger partial charge in [-0.2, -0.15) is 0 Å². The zero-order valence-electron chi connectivity index (χ0n) is 16.6. The summed E-state index contributed by atoms with van der Waals surface area (Å²) in [4.78, 5) is 26.8. The van der Waals surface area contributed by atoms with Crippen molar-refractivity contribution in [3.63, 3.8) is 0 Å². The summed E-state index contributed by atoms with van der Waals surface area (Å²) in [6, 6.07) is 17.1. The van der Waals surface area contributed by atoms with Crippen LogP contribution in [-0.4, -0.2) is 35.2 Å². The van der Waals surface area contributed by atoms with Crippen molar-refractivity contribution in [1.29, 1.82) is 0 Å². The Labute approximate surface area is 169 Å². The smallest absolute Gasteiger partial charge is 0.411 e. The lowest BCUT2D eigenvalue weighted by Crippen LogP contribution is -2.47. The van der Waals surface area contributed by atoms with Gasteiger partial charge in [0, 0.05) is 18.1 Å². The molecule has 0 bridgehead atoms. The Morgan fingerprint density at radius 3 is 2.62 bits per heavy atom. The number of aromatic nitrogens is 1. The van der Waals surface area contributed by atoms with Gasteiger partial charge in [-0.3, -0.25) is 4.90 Å². The Kier molecular flexibility index (Phi) is 5.01. The molecule has 4 rings (SSSR count). The van der Waals surface area contributed by atoms with Crippen LogP contribution in [0.15, 0.2) is 60.8 Å². The Balaban J connectivity index is 1.63. The second-order valence-electron chi connectivity index (χ2n) is 7.43. The summed E-state index contributed by atoms with van der Waals surface area (Å²) in [5.74, 6) is -0.371. The summed E-state index contributed by atoms with van der Waals surface area (Å²) in [6.07, 6.45) is 3.28. The van der Waals surface area contributed by atoms with Crippen LogP contribution in [0.1, 0.15) is 35.7 Å². The van der Waals surface area contributed by atoms with E-state index in [0.717, 1.165) is 29.3 Å². The van der Waals surface area contributed by atoms with Crippen LogP contribution in [0, 0.1) is 0 Å². The van der Waals surface area contributed by atoms with Crippen LogP contribution in [0.2, 0.25) is 0 Å². The Morgan fingerprint density at radius 1 is 1.07 bits per heavy atom. The molecular formula is C23H24N2O4. The van der Waals surface area contributed by atoms with Crippen LogP contribution in [0.25, 0.3) is 10.9 Å². The number of carbonyl (C=O) groups excluding carboxylic acids is 2. The van der Waals surface area contributed by atoms with Crippen molar-refractivity contribution < 1.29 is 19.1 Å². The first kappa shape index (κ1) is 19.1. The van der Waals surface area contributed by atoms with Crippen molar-refractivity contribution in [2.75, 3.05) is 13.7 Å². The molecule has 6 heteroatoms. The average molecular weight is 392 g/mol. The number of hydrogen-bond donors (Lipinski definition) is 0. The number of fused-ring (bicyclic) bond motifs is 1. The molecule has 0 spiro atoms. The van der Waals surface area contributed by atoms with Crippen LogP contribution < -0.4 is 0 Å². The molecule has 0 N–H and O–H groups in total. The fourth-order valence-corrected chi connectivity index (χ4v) is 4.16. The van der Waals surface area contributed by atoms with Crippen molar-refractivity contribution in [3.8, 4) is 0 Å². The maximum absolute atomic E-state index is 12.9. The number of likely N-dealkylation sites (tertiary alicyclic amines) is 1. The minimum absolute atomic E-state index is 0.241. The maximum Gasteiger partial charge on any atom is 0.411 e. The number of hydrogen-bond acceptors (Lipinski definition) is 4. The van der Waals surface area contributed by atoms with Gasteiger partial charge in [-0.1, -0.05) is 36.4 Å². The maximum atomic E-state index is 12.9. The first-order valence-corrected chi connectivity index (χ1v) is 9.72. The lowest BCUT2D eigenvalue weighted by Gasteiger charge is -2.36. The largest absolute Gasteiger partial charge is 0.465 e. The minimum atomic E-state index is -0.565. The van der Waals surface area contributed by atoms with Crippen LogP contribution in [0.4, 0.5) is 4.79 Å². The van der Waals surface area contributed by atoms with Gasteiger partial charge >= 0.3 is 12.1 Å². The number of methoxy groups -OCH3 is 1. The third-order valence-corrected chi connectivity index (χ3v) is 5.70. The zero-order valence-corrected chi connectivity index (χ0v) is 16.6. The van der Waals surface area contributed by atoms with Crippen LogP contribution in [-0.2, 0) is 21.7 Å². The molecule has 29 heavy (non-hydrogen) atoms. The molecule has 2 heterocycles. The fourth-order valence-electron chi connectivity index (χ4n) is 4.16. The molecule has 6 nitrogen and oxygen atoms in total. The summed E-state index contributed by atoms with van der Waals surface area (Å²) >= 11 is 0. The van der Waals surface area contributed by atoms with Gasteiger partial charge in [0.15, 0.2) is 0 Å². The van der Waals surface area contributed by atoms with Gasteiger partial charge < -0.3 is 14.0 Å². The number of benzene rings is 2. The van der Waals surface area contributed by atoms with Crippen molar-refractivity contribution in [2.45, 2.75) is 32.0 Å². The number of nitrogens with zero attached hydrogens (tertiary/aromatic N) is 2. The van der Waals surface area contributed by atoms with Gasteiger partial charge in [0.25, 0.3) is 0 Å². The Morgan fingerprint density at radius 2 is 1.86 bits per heavy atom. The van der Waals surface area contributed by atoms with Gasteiger partial charge in [-0.15, -0.1) is 0 Å².